The first kappa shape index (κ1) is 23.5. The molecule has 0 atom stereocenters. The summed E-state index contributed by atoms with van der Waals surface area (Å²) in [6.07, 6.45) is 5.69. The molecule has 0 aliphatic heterocycles. The van der Waals surface area contributed by atoms with E-state index in [4.69, 9.17) is 0 Å². The zero-order valence-corrected chi connectivity index (χ0v) is 19.1. The zero-order valence-electron chi connectivity index (χ0n) is 19.1. The molecule has 3 rings (SSSR count). The van der Waals surface area contributed by atoms with Gasteiger partial charge >= 0.3 is 12.0 Å². The van der Waals surface area contributed by atoms with Crippen molar-refractivity contribution >= 4 is 23.5 Å². The monoisotopic (exact) mass is 436 g/mol. The molecule has 2 N–H and O–H groups in total. The van der Waals surface area contributed by atoms with Crippen molar-refractivity contribution in [3.63, 3.8) is 0 Å². The fourth-order valence-corrected chi connectivity index (χ4v) is 4.02. The molecule has 2 aromatic rings. The maximum absolute atomic E-state index is 12.6. The minimum atomic E-state index is -1.10. The number of aliphatic carboxylic acids is 1. The third-order valence-electron chi connectivity index (χ3n) is 6.30. The van der Waals surface area contributed by atoms with Crippen molar-refractivity contribution in [2.75, 3.05) is 12.4 Å². The van der Waals surface area contributed by atoms with E-state index >= 15 is 0 Å². The minimum Gasteiger partial charge on any atom is -0.481 e. The van der Waals surface area contributed by atoms with Crippen molar-refractivity contribution in [1.29, 1.82) is 0 Å². The Bertz CT molecular complexity index is 958. The summed E-state index contributed by atoms with van der Waals surface area (Å²) < 4.78 is 0. The first-order chi connectivity index (χ1) is 15.2. The molecular weight excluding hydrogens is 404 g/mol. The van der Waals surface area contributed by atoms with Crippen molar-refractivity contribution < 1.29 is 19.5 Å². The van der Waals surface area contributed by atoms with Crippen LogP contribution in [0.15, 0.2) is 48.5 Å². The number of nitrogens with zero attached hydrogens (tertiary/aromatic N) is 1. The van der Waals surface area contributed by atoms with Crippen LogP contribution in [0.4, 0.5) is 10.5 Å². The van der Waals surface area contributed by atoms with Crippen molar-refractivity contribution in [3.05, 3.63) is 54.1 Å². The molecule has 0 saturated heterocycles. The topological polar surface area (TPSA) is 86.7 Å². The highest BCUT2D eigenvalue weighted by molar-refractivity contribution is 5.99. The number of Topliss-reactive ketones (excluding diaryl/α,β-unsaturated/α-hetero) is 1. The summed E-state index contributed by atoms with van der Waals surface area (Å²) in [5.41, 5.74) is 2.05. The molecule has 0 bridgehead atoms. The number of carbonyl (C=O) groups excluding carboxylic acids is 2. The van der Waals surface area contributed by atoms with E-state index in [2.05, 4.69) is 5.32 Å². The Kier molecular flexibility index (Phi) is 7.33. The van der Waals surface area contributed by atoms with Crippen LogP contribution in [0.2, 0.25) is 0 Å². The van der Waals surface area contributed by atoms with Gasteiger partial charge in [-0.15, -0.1) is 0 Å². The Hall–Kier alpha value is -3.15. The second-order valence-electron chi connectivity index (χ2n) is 9.28. The van der Waals surface area contributed by atoms with Gasteiger partial charge in [0.05, 0.1) is 5.41 Å². The number of hydrogen-bond acceptors (Lipinski definition) is 3. The molecule has 6 nitrogen and oxygen atoms in total. The van der Waals surface area contributed by atoms with Gasteiger partial charge in [-0.1, -0.05) is 55.7 Å². The van der Waals surface area contributed by atoms with E-state index in [9.17, 15) is 19.5 Å². The molecule has 170 valence electrons. The van der Waals surface area contributed by atoms with E-state index in [0.29, 0.717) is 11.6 Å². The van der Waals surface area contributed by atoms with Crippen molar-refractivity contribution in [1.82, 2.24) is 4.90 Å². The number of benzene rings is 2. The van der Waals surface area contributed by atoms with E-state index < -0.39 is 11.4 Å². The third-order valence-corrected chi connectivity index (χ3v) is 6.30. The van der Waals surface area contributed by atoms with Crippen molar-refractivity contribution in [2.45, 2.75) is 58.4 Å². The van der Waals surface area contributed by atoms with E-state index in [-0.39, 0.29) is 18.2 Å². The number of anilines is 1. The number of ketones is 1. The maximum atomic E-state index is 12.6. The molecule has 1 aliphatic carbocycles. The fourth-order valence-electron chi connectivity index (χ4n) is 4.02. The van der Waals surface area contributed by atoms with E-state index in [1.807, 2.05) is 48.3 Å². The number of hydrogen-bond donors (Lipinski definition) is 2. The lowest BCUT2D eigenvalue weighted by atomic mass is 9.85. The van der Waals surface area contributed by atoms with Gasteiger partial charge in [-0.05, 0) is 49.9 Å². The number of urea groups is 1. The standard InChI is InChI=1S/C26H32N2O4/c1-26(2,24(30)31)17-23(29)20-11-9-18(10-12-20)19-13-15-21(16-14-19)27-25(32)28(3)22-7-5-4-6-8-22/h9-16,22H,4-8,17H2,1-3H3,(H,27,32)(H,30,31). The molecule has 0 spiro atoms. The van der Waals surface area contributed by atoms with Gasteiger partial charge in [0.2, 0.25) is 0 Å². The van der Waals surface area contributed by atoms with Gasteiger partial charge < -0.3 is 15.3 Å². The van der Waals surface area contributed by atoms with Gasteiger partial charge in [0, 0.05) is 30.8 Å². The van der Waals surface area contributed by atoms with E-state index in [1.54, 1.807) is 26.0 Å². The summed E-state index contributed by atoms with van der Waals surface area (Å²) in [7, 11) is 1.86. The van der Waals surface area contributed by atoms with Gasteiger partial charge in [-0.25, -0.2) is 4.79 Å². The lowest BCUT2D eigenvalue weighted by Gasteiger charge is -2.31. The van der Waals surface area contributed by atoms with Crippen LogP contribution in [0.1, 0.15) is 62.7 Å². The molecule has 1 fully saturated rings. The zero-order chi connectivity index (χ0) is 23.3. The van der Waals surface area contributed by atoms with Gasteiger partial charge in [-0.3, -0.25) is 9.59 Å². The summed E-state index contributed by atoms with van der Waals surface area (Å²) in [6, 6.07) is 15.0. The summed E-state index contributed by atoms with van der Waals surface area (Å²) in [5, 5.41) is 12.2. The molecule has 0 unspecified atom stereocenters. The Morgan fingerprint density at radius 1 is 0.938 bits per heavy atom. The SMILES string of the molecule is CN(C(=O)Nc1ccc(-c2ccc(C(=O)CC(C)(C)C(=O)O)cc2)cc1)C1CCCCC1. The van der Waals surface area contributed by atoms with Crippen LogP contribution in [0.25, 0.3) is 11.1 Å². The van der Waals surface area contributed by atoms with E-state index in [1.165, 1.54) is 19.3 Å². The molecule has 1 saturated carbocycles. The van der Waals surface area contributed by atoms with Crippen LogP contribution in [0.5, 0.6) is 0 Å². The largest absolute Gasteiger partial charge is 0.481 e. The van der Waals surface area contributed by atoms with Crippen LogP contribution < -0.4 is 5.32 Å². The first-order valence-electron chi connectivity index (χ1n) is 11.2. The van der Waals surface area contributed by atoms with Crippen LogP contribution >= 0.6 is 0 Å². The van der Waals surface area contributed by atoms with Gasteiger partial charge in [0.1, 0.15) is 0 Å². The van der Waals surface area contributed by atoms with Crippen molar-refractivity contribution in [2.24, 2.45) is 5.41 Å². The number of amides is 2. The highest BCUT2D eigenvalue weighted by Gasteiger charge is 2.30. The quantitative estimate of drug-likeness (QED) is 0.534. The summed E-state index contributed by atoms with van der Waals surface area (Å²) in [6.45, 7) is 3.10. The second kappa shape index (κ2) is 9.98. The molecule has 0 radical (unpaired) electrons. The molecule has 6 heteroatoms. The molecule has 2 amide bonds. The number of carbonyl (C=O) groups is 3. The fraction of sp³-hybridized carbons (Fsp3) is 0.423. The Balaban J connectivity index is 1.61. The second-order valence-corrected chi connectivity index (χ2v) is 9.28. The minimum absolute atomic E-state index is 0.0502. The Labute approximate surface area is 189 Å². The highest BCUT2D eigenvalue weighted by atomic mass is 16.4. The van der Waals surface area contributed by atoms with E-state index in [0.717, 1.165) is 29.7 Å². The molecule has 32 heavy (non-hydrogen) atoms. The van der Waals surface area contributed by atoms with Crippen molar-refractivity contribution in [3.8, 4) is 11.1 Å². The predicted molar refractivity (Wildman–Crippen MR) is 126 cm³/mol. The predicted octanol–water partition coefficient (Wildman–Crippen LogP) is 5.83. The number of nitrogens with one attached hydrogen (secondary N) is 1. The number of carboxylic acid groups (broad SMARTS) is 1. The normalized spacial score (nSPS) is 14.6. The smallest absolute Gasteiger partial charge is 0.321 e. The Morgan fingerprint density at radius 3 is 2.00 bits per heavy atom. The number of rotatable bonds is 7. The lowest BCUT2D eigenvalue weighted by molar-refractivity contribution is -0.146. The van der Waals surface area contributed by atoms with Gasteiger partial charge in [0.25, 0.3) is 0 Å². The third kappa shape index (κ3) is 5.75. The average Bonchev–Trinajstić information content (AvgIpc) is 2.79. The molecule has 0 heterocycles. The summed E-state index contributed by atoms with van der Waals surface area (Å²) >= 11 is 0. The molecule has 2 aromatic carbocycles. The molecule has 1 aliphatic rings. The molecular formula is C26H32N2O4. The molecule has 0 aromatic heterocycles. The Morgan fingerprint density at radius 2 is 1.47 bits per heavy atom. The van der Waals surface area contributed by atoms with Crippen LogP contribution in [0.3, 0.4) is 0 Å². The van der Waals surface area contributed by atoms with Crippen LogP contribution in [0, 0.1) is 5.41 Å². The maximum Gasteiger partial charge on any atom is 0.321 e. The average molecular weight is 437 g/mol. The summed E-state index contributed by atoms with van der Waals surface area (Å²) in [4.78, 5) is 38.0. The number of carboxylic acids is 1. The van der Waals surface area contributed by atoms with Crippen LogP contribution in [-0.2, 0) is 4.79 Å². The van der Waals surface area contributed by atoms with Gasteiger partial charge in [0.15, 0.2) is 5.78 Å². The lowest BCUT2D eigenvalue weighted by Crippen LogP contribution is -2.40. The first-order valence-corrected chi connectivity index (χ1v) is 11.2. The highest BCUT2D eigenvalue weighted by Crippen LogP contribution is 2.26. The van der Waals surface area contributed by atoms with Crippen LogP contribution in [-0.4, -0.2) is 40.9 Å². The van der Waals surface area contributed by atoms with Gasteiger partial charge in [-0.2, -0.15) is 0 Å². The summed E-state index contributed by atoms with van der Waals surface area (Å²) in [5.74, 6) is -1.18.